The Hall–Kier alpha value is 0.770. The third-order valence-corrected chi connectivity index (χ3v) is 2.58. The fraction of sp³-hybridized carbons (Fsp3) is 0.200. The van der Waals surface area contributed by atoms with Crippen LogP contribution in [0.3, 0.4) is 0 Å². The summed E-state index contributed by atoms with van der Waals surface area (Å²) in [5.74, 6) is -1.78. The summed E-state index contributed by atoms with van der Waals surface area (Å²) in [6, 6.07) is 0. The second kappa shape index (κ2) is 4.61. The molecule has 0 aromatic heterocycles. The summed E-state index contributed by atoms with van der Waals surface area (Å²) in [5, 5.41) is 0. The topological polar surface area (TPSA) is 17.1 Å². The van der Waals surface area contributed by atoms with Crippen molar-refractivity contribution in [3.63, 3.8) is 0 Å². The van der Waals surface area contributed by atoms with Crippen LogP contribution >= 0.6 is 44.3 Å². The number of hydrogen-bond acceptors (Lipinski definition) is 1. The van der Waals surface area contributed by atoms with Gasteiger partial charge in [-0.25, -0.2) is 0 Å². The molecule has 0 amide bonds. The number of allylic oxidation sites excluding steroid dienone is 3. The largest absolute Gasteiger partial charge is 0.285 e. The molecule has 1 nitrogen and oxygen atoms in total. The number of rotatable bonds is 2. The SMILES string of the molecule is C/C=C(Br)\C=C\P(=O)(Cl)Cl. The van der Waals surface area contributed by atoms with E-state index in [-0.39, 0.29) is 0 Å². The molecule has 0 rings (SSSR count). The molecule has 0 aliphatic heterocycles. The van der Waals surface area contributed by atoms with Gasteiger partial charge in [0.25, 0.3) is 5.85 Å². The zero-order valence-corrected chi connectivity index (χ0v) is 9.21. The van der Waals surface area contributed by atoms with Gasteiger partial charge in [-0.15, -0.1) is 0 Å². The smallest absolute Gasteiger partial charge is 0.275 e. The van der Waals surface area contributed by atoms with E-state index in [1.165, 1.54) is 5.82 Å². The minimum atomic E-state index is -3.04. The van der Waals surface area contributed by atoms with E-state index in [0.29, 0.717) is 0 Å². The molecule has 5 heteroatoms. The van der Waals surface area contributed by atoms with Crippen LogP contribution in [0.4, 0.5) is 0 Å². The van der Waals surface area contributed by atoms with Gasteiger partial charge in [0.2, 0.25) is 0 Å². The minimum Gasteiger partial charge on any atom is -0.285 e. The van der Waals surface area contributed by atoms with Crippen molar-refractivity contribution in [3.05, 3.63) is 22.5 Å². The van der Waals surface area contributed by atoms with Crippen LogP contribution in [0.1, 0.15) is 6.92 Å². The van der Waals surface area contributed by atoms with Crippen molar-refractivity contribution >= 4 is 44.3 Å². The lowest BCUT2D eigenvalue weighted by Gasteiger charge is -1.89. The summed E-state index contributed by atoms with van der Waals surface area (Å²) in [5.41, 5.74) is 0. The zero-order valence-electron chi connectivity index (χ0n) is 5.22. The molecular formula is C5H6BrCl2OP. The molecule has 0 spiro atoms. The summed E-state index contributed by atoms with van der Waals surface area (Å²) < 4.78 is 11.4. The van der Waals surface area contributed by atoms with E-state index in [1.54, 1.807) is 12.2 Å². The van der Waals surface area contributed by atoms with Crippen LogP contribution in [-0.4, -0.2) is 0 Å². The highest BCUT2D eigenvalue weighted by atomic mass is 79.9. The molecule has 0 heterocycles. The number of halogens is 3. The Bertz CT molecular complexity index is 206. The highest BCUT2D eigenvalue weighted by molar-refractivity contribution is 9.11. The molecule has 0 radical (unpaired) electrons. The molecule has 0 saturated carbocycles. The van der Waals surface area contributed by atoms with Gasteiger partial charge in [0.1, 0.15) is 0 Å². The fourth-order valence-electron chi connectivity index (χ4n) is 0.254. The maximum absolute atomic E-state index is 10.6. The molecule has 0 N–H and O–H groups in total. The van der Waals surface area contributed by atoms with Crippen LogP contribution in [0, 0.1) is 0 Å². The molecule has 0 saturated heterocycles. The van der Waals surface area contributed by atoms with Crippen molar-refractivity contribution in [2.24, 2.45) is 0 Å². The Morgan fingerprint density at radius 1 is 1.60 bits per heavy atom. The van der Waals surface area contributed by atoms with E-state index in [9.17, 15) is 4.57 Å². The predicted molar refractivity (Wildman–Crippen MR) is 51.1 cm³/mol. The molecule has 0 aromatic rings. The summed E-state index contributed by atoms with van der Waals surface area (Å²) in [7, 11) is 0. The van der Waals surface area contributed by atoms with E-state index in [2.05, 4.69) is 15.9 Å². The Morgan fingerprint density at radius 3 is 2.40 bits per heavy atom. The van der Waals surface area contributed by atoms with E-state index in [4.69, 9.17) is 22.5 Å². The monoisotopic (exact) mass is 262 g/mol. The van der Waals surface area contributed by atoms with Crippen LogP contribution in [0.2, 0.25) is 0 Å². The average molecular weight is 264 g/mol. The van der Waals surface area contributed by atoms with Gasteiger partial charge in [-0.05, 0) is 35.5 Å². The van der Waals surface area contributed by atoms with Crippen LogP contribution in [0.25, 0.3) is 0 Å². The van der Waals surface area contributed by atoms with Gasteiger partial charge in [-0.1, -0.05) is 22.0 Å². The van der Waals surface area contributed by atoms with Gasteiger partial charge in [-0.3, -0.25) is 4.57 Å². The van der Waals surface area contributed by atoms with E-state index in [1.807, 2.05) is 6.92 Å². The Balaban J connectivity index is 4.15. The molecule has 0 aliphatic rings. The maximum Gasteiger partial charge on any atom is 0.275 e. The lowest BCUT2D eigenvalue weighted by molar-refractivity contribution is 0.597. The second-order valence-electron chi connectivity index (χ2n) is 1.49. The van der Waals surface area contributed by atoms with E-state index < -0.39 is 5.85 Å². The third-order valence-electron chi connectivity index (χ3n) is 0.683. The van der Waals surface area contributed by atoms with Crippen molar-refractivity contribution in [3.8, 4) is 0 Å². The zero-order chi connectivity index (χ0) is 8.20. The van der Waals surface area contributed by atoms with E-state index >= 15 is 0 Å². The molecule has 0 bridgehead atoms. The first kappa shape index (κ1) is 10.8. The van der Waals surface area contributed by atoms with Crippen LogP contribution in [-0.2, 0) is 4.57 Å². The van der Waals surface area contributed by atoms with Crippen LogP contribution in [0.15, 0.2) is 22.5 Å². The van der Waals surface area contributed by atoms with Crippen LogP contribution in [0.5, 0.6) is 0 Å². The summed E-state index contributed by atoms with van der Waals surface area (Å²) in [4.78, 5) is 0. The summed E-state index contributed by atoms with van der Waals surface area (Å²) in [6.07, 6.45) is 3.35. The highest BCUT2D eigenvalue weighted by Gasteiger charge is 2.05. The van der Waals surface area contributed by atoms with Gasteiger partial charge >= 0.3 is 0 Å². The van der Waals surface area contributed by atoms with E-state index in [0.717, 1.165) is 4.48 Å². The van der Waals surface area contributed by atoms with Gasteiger partial charge in [0.05, 0.1) is 0 Å². The van der Waals surface area contributed by atoms with Crippen molar-refractivity contribution in [2.75, 3.05) is 0 Å². The van der Waals surface area contributed by atoms with Gasteiger partial charge < -0.3 is 0 Å². The summed E-state index contributed by atoms with van der Waals surface area (Å²) >= 11 is 13.6. The van der Waals surface area contributed by atoms with Gasteiger partial charge in [0.15, 0.2) is 0 Å². The molecule has 0 atom stereocenters. The van der Waals surface area contributed by atoms with Crippen molar-refractivity contribution in [1.82, 2.24) is 0 Å². The van der Waals surface area contributed by atoms with Crippen molar-refractivity contribution in [1.29, 1.82) is 0 Å². The molecule has 0 aliphatic carbocycles. The Labute approximate surface area is 78.2 Å². The van der Waals surface area contributed by atoms with Crippen molar-refractivity contribution < 1.29 is 4.57 Å². The predicted octanol–water partition coefficient (Wildman–Crippen LogP) is 4.47. The first-order valence-corrected chi connectivity index (χ1v) is 6.83. The average Bonchev–Trinajstić information content (AvgIpc) is 1.81. The molecule has 10 heavy (non-hydrogen) atoms. The van der Waals surface area contributed by atoms with Gasteiger partial charge in [0, 0.05) is 10.3 Å². The third kappa shape index (κ3) is 6.88. The molecular weight excluding hydrogens is 258 g/mol. The fourth-order valence-corrected chi connectivity index (χ4v) is 1.26. The lowest BCUT2D eigenvalue weighted by Crippen LogP contribution is -1.56. The molecule has 0 fully saturated rings. The Kier molecular flexibility index (Phi) is 4.96. The van der Waals surface area contributed by atoms with Gasteiger partial charge in [-0.2, -0.15) is 0 Å². The first-order valence-electron chi connectivity index (χ1n) is 2.46. The maximum atomic E-state index is 10.6. The highest BCUT2D eigenvalue weighted by Crippen LogP contribution is 2.58. The quantitative estimate of drug-likeness (QED) is 0.531. The summed E-state index contributed by atoms with van der Waals surface area (Å²) in [6.45, 7) is 1.84. The molecule has 0 unspecified atom stereocenters. The Morgan fingerprint density at radius 2 is 2.10 bits per heavy atom. The number of hydrogen-bond donors (Lipinski definition) is 0. The lowest BCUT2D eigenvalue weighted by atomic mass is 10.5. The standard InChI is InChI=1S/C5H6BrCl2OP/c1-2-5(6)3-4-10(7,8)9/h2-4H,1H3/b4-3+,5-2+. The van der Waals surface area contributed by atoms with Crippen molar-refractivity contribution in [2.45, 2.75) is 6.92 Å². The molecule has 58 valence electrons. The van der Waals surface area contributed by atoms with Crippen LogP contribution < -0.4 is 0 Å². The normalized spacial score (nSPS) is 14.6. The first-order chi connectivity index (χ1) is 4.45. The second-order valence-corrected chi connectivity index (χ2v) is 7.24. The molecule has 0 aromatic carbocycles. The minimum absolute atomic E-state index is 0.800.